The lowest BCUT2D eigenvalue weighted by Crippen LogP contribution is -2.44. The van der Waals surface area contributed by atoms with E-state index in [9.17, 15) is 4.79 Å². The summed E-state index contributed by atoms with van der Waals surface area (Å²) in [4.78, 5) is 20.4. The molecule has 3 heterocycles. The molecule has 0 fully saturated rings. The van der Waals surface area contributed by atoms with Crippen LogP contribution in [0, 0.1) is 27.7 Å². The predicted molar refractivity (Wildman–Crippen MR) is 104 cm³/mol. The second-order valence-electron chi connectivity index (χ2n) is 6.81. The summed E-state index contributed by atoms with van der Waals surface area (Å²) in [6.45, 7) is 9.98. The monoisotopic (exact) mass is 383 g/mol. The molecule has 1 aliphatic heterocycles. The fourth-order valence-electron chi connectivity index (χ4n) is 3.40. The van der Waals surface area contributed by atoms with Crippen LogP contribution in [-0.2, 0) is 11.3 Å². The van der Waals surface area contributed by atoms with Gasteiger partial charge in [-0.2, -0.15) is 0 Å². The van der Waals surface area contributed by atoms with Gasteiger partial charge in [0.1, 0.15) is 11.5 Å². The summed E-state index contributed by atoms with van der Waals surface area (Å²) in [5, 5.41) is 5.03. The zero-order valence-electron chi connectivity index (χ0n) is 16.0. The maximum Gasteiger partial charge on any atom is 0.268 e. The zero-order chi connectivity index (χ0) is 19.3. The molecular weight excluding hydrogens is 362 g/mol. The lowest BCUT2D eigenvalue weighted by Gasteiger charge is -2.33. The quantitative estimate of drug-likeness (QED) is 0.673. The number of fused-ring (bicyclic) bond motifs is 1. The largest absolute Gasteiger partial charge is 0.479 e. The van der Waals surface area contributed by atoms with E-state index in [0.29, 0.717) is 12.3 Å². The minimum atomic E-state index is -0.535. The van der Waals surface area contributed by atoms with Gasteiger partial charge in [0.05, 0.1) is 28.6 Å². The Bertz CT molecular complexity index is 1020. The van der Waals surface area contributed by atoms with Crippen molar-refractivity contribution in [3.8, 4) is 17.0 Å². The van der Waals surface area contributed by atoms with Crippen LogP contribution >= 0.6 is 11.3 Å². The molecule has 1 aromatic carbocycles. The van der Waals surface area contributed by atoms with Gasteiger partial charge in [0.25, 0.3) is 5.91 Å². The number of aromatic nitrogens is 2. The van der Waals surface area contributed by atoms with Crippen LogP contribution in [0.1, 0.15) is 33.8 Å². The molecule has 0 aliphatic carbocycles. The van der Waals surface area contributed by atoms with Gasteiger partial charge in [-0.05, 0) is 52.8 Å². The molecule has 1 aliphatic rings. The van der Waals surface area contributed by atoms with E-state index in [4.69, 9.17) is 9.26 Å². The van der Waals surface area contributed by atoms with E-state index < -0.39 is 6.10 Å². The number of benzene rings is 1. The SMILES string of the molecule is Cc1nc(-c2ccc3c(c2)N(Cc2c(C)noc2C)C(=O)C(C)O3)c(C)s1. The van der Waals surface area contributed by atoms with Crippen LogP contribution < -0.4 is 9.64 Å². The van der Waals surface area contributed by atoms with Crippen LogP contribution in [0.3, 0.4) is 0 Å². The van der Waals surface area contributed by atoms with Gasteiger partial charge in [0.15, 0.2) is 6.10 Å². The number of ether oxygens (including phenoxy) is 1. The Morgan fingerprint density at radius 3 is 2.63 bits per heavy atom. The number of amides is 1. The lowest BCUT2D eigenvalue weighted by molar-refractivity contribution is -0.125. The number of hydrogen-bond donors (Lipinski definition) is 0. The maximum absolute atomic E-state index is 12.9. The summed E-state index contributed by atoms with van der Waals surface area (Å²) in [5.74, 6) is 1.34. The number of nitrogens with zero attached hydrogens (tertiary/aromatic N) is 3. The number of thiazole rings is 1. The second-order valence-corrected chi connectivity index (χ2v) is 8.21. The fourth-order valence-corrected chi connectivity index (χ4v) is 4.24. The third-order valence-corrected chi connectivity index (χ3v) is 5.73. The Morgan fingerprint density at radius 1 is 1.22 bits per heavy atom. The van der Waals surface area contributed by atoms with Gasteiger partial charge in [0.2, 0.25) is 0 Å². The van der Waals surface area contributed by atoms with Gasteiger partial charge in [-0.3, -0.25) is 4.79 Å². The van der Waals surface area contributed by atoms with Crippen LogP contribution in [0.25, 0.3) is 11.3 Å². The highest BCUT2D eigenvalue weighted by Gasteiger charge is 2.33. The first-order valence-corrected chi connectivity index (χ1v) is 9.65. The van der Waals surface area contributed by atoms with Crippen LogP contribution in [-0.4, -0.2) is 22.2 Å². The molecule has 3 aromatic rings. The second kappa shape index (κ2) is 6.49. The van der Waals surface area contributed by atoms with Crippen molar-refractivity contribution in [3.63, 3.8) is 0 Å². The zero-order valence-corrected chi connectivity index (χ0v) is 16.8. The van der Waals surface area contributed by atoms with Crippen LogP contribution in [0.15, 0.2) is 22.7 Å². The van der Waals surface area contributed by atoms with Gasteiger partial charge in [-0.15, -0.1) is 11.3 Å². The molecule has 1 unspecified atom stereocenters. The molecule has 4 rings (SSSR count). The Morgan fingerprint density at radius 2 is 2.00 bits per heavy atom. The molecule has 140 valence electrons. The van der Waals surface area contributed by atoms with Crippen molar-refractivity contribution in [2.75, 3.05) is 4.90 Å². The number of aryl methyl sites for hydroxylation is 4. The minimum Gasteiger partial charge on any atom is -0.479 e. The molecule has 1 atom stereocenters. The summed E-state index contributed by atoms with van der Waals surface area (Å²) >= 11 is 1.67. The molecule has 1 amide bonds. The van der Waals surface area contributed by atoms with E-state index in [0.717, 1.165) is 43.8 Å². The van der Waals surface area contributed by atoms with Crippen molar-refractivity contribution in [2.24, 2.45) is 0 Å². The van der Waals surface area contributed by atoms with Gasteiger partial charge in [-0.1, -0.05) is 5.16 Å². The summed E-state index contributed by atoms with van der Waals surface area (Å²) < 4.78 is 11.1. The predicted octanol–water partition coefficient (Wildman–Crippen LogP) is 4.35. The van der Waals surface area contributed by atoms with Crippen LogP contribution in [0.5, 0.6) is 5.75 Å². The summed E-state index contributed by atoms with van der Waals surface area (Å²) in [7, 11) is 0. The molecule has 2 aromatic heterocycles. The van der Waals surface area contributed by atoms with Crippen molar-refractivity contribution < 1.29 is 14.1 Å². The fraction of sp³-hybridized carbons (Fsp3) is 0.350. The average Bonchev–Trinajstić information content (AvgIpc) is 3.13. The third kappa shape index (κ3) is 3.02. The topological polar surface area (TPSA) is 68.5 Å². The van der Waals surface area contributed by atoms with Crippen molar-refractivity contribution in [1.82, 2.24) is 10.1 Å². The molecule has 0 saturated carbocycles. The maximum atomic E-state index is 12.9. The summed E-state index contributed by atoms with van der Waals surface area (Å²) in [5.41, 5.74) is 4.40. The molecule has 0 radical (unpaired) electrons. The van der Waals surface area contributed by atoms with E-state index in [1.165, 1.54) is 0 Å². The molecule has 27 heavy (non-hydrogen) atoms. The Hall–Kier alpha value is -2.67. The van der Waals surface area contributed by atoms with Gasteiger partial charge in [0, 0.05) is 16.0 Å². The van der Waals surface area contributed by atoms with E-state index in [2.05, 4.69) is 17.1 Å². The Balaban J connectivity index is 1.80. The number of carbonyl (C=O) groups excluding carboxylic acids is 1. The number of hydrogen-bond acceptors (Lipinski definition) is 6. The first-order chi connectivity index (χ1) is 12.8. The number of rotatable bonds is 3. The van der Waals surface area contributed by atoms with Gasteiger partial charge >= 0.3 is 0 Å². The van der Waals surface area contributed by atoms with Crippen LogP contribution in [0.2, 0.25) is 0 Å². The summed E-state index contributed by atoms with van der Waals surface area (Å²) in [6, 6.07) is 5.90. The lowest BCUT2D eigenvalue weighted by atomic mass is 10.1. The van der Waals surface area contributed by atoms with Gasteiger partial charge < -0.3 is 14.2 Å². The molecule has 6 nitrogen and oxygen atoms in total. The minimum absolute atomic E-state index is 0.0779. The van der Waals surface area contributed by atoms with Crippen LogP contribution in [0.4, 0.5) is 5.69 Å². The summed E-state index contributed by atoms with van der Waals surface area (Å²) in [6.07, 6.45) is -0.535. The Labute approximate surface area is 161 Å². The number of anilines is 1. The highest BCUT2D eigenvalue weighted by atomic mass is 32.1. The molecular formula is C20H21N3O3S. The smallest absolute Gasteiger partial charge is 0.268 e. The molecule has 7 heteroatoms. The standard InChI is InChI=1S/C20H21N3O3S/c1-10-16(11(2)26-22-10)9-23-17-8-15(19-13(4)27-14(5)21-19)6-7-18(17)25-12(3)20(23)24/h6-8,12H,9H2,1-5H3. The molecule has 0 N–H and O–H groups in total. The van der Waals surface area contributed by atoms with Gasteiger partial charge in [-0.25, -0.2) is 4.98 Å². The molecule has 0 spiro atoms. The number of carbonyl (C=O) groups is 1. The third-order valence-electron chi connectivity index (χ3n) is 4.84. The van der Waals surface area contributed by atoms with Crippen molar-refractivity contribution in [1.29, 1.82) is 0 Å². The molecule has 0 bridgehead atoms. The highest BCUT2D eigenvalue weighted by molar-refractivity contribution is 7.11. The highest BCUT2D eigenvalue weighted by Crippen LogP contribution is 2.39. The van der Waals surface area contributed by atoms with E-state index in [1.54, 1.807) is 23.2 Å². The first kappa shape index (κ1) is 17.7. The molecule has 0 saturated heterocycles. The first-order valence-electron chi connectivity index (χ1n) is 8.83. The average molecular weight is 383 g/mol. The van der Waals surface area contributed by atoms with E-state index in [1.807, 2.05) is 39.0 Å². The van der Waals surface area contributed by atoms with Crippen molar-refractivity contribution in [3.05, 3.63) is 45.1 Å². The Kier molecular flexibility index (Phi) is 4.26. The van der Waals surface area contributed by atoms with E-state index >= 15 is 0 Å². The normalized spacial score (nSPS) is 16.4. The van der Waals surface area contributed by atoms with Crippen molar-refractivity contribution >= 4 is 22.9 Å². The van der Waals surface area contributed by atoms with Crippen molar-refractivity contribution in [2.45, 2.75) is 47.3 Å². The van der Waals surface area contributed by atoms with E-state index in [-0.39, 0.29) is 5.91 Å².